The van der Waals surface area contributed by atoms with Crippen LogP contribution in [0.1, 0.15) is 18.1 Å². The number of nitrogens with zero attached hydrogens (tertiary/aromatic N) is 1. The predicted molar refractivity (Wildman–Crippen MR) is 64.5 cm³/mol. The maximum atomic E-state index is 11.1. The molecule has 1 aromatic carbocycles. The van der Waals surface area contributed by atoms with Crippen molar-refractivity contribution in [1.29, 1.82) is 0 Å². The average Bonchev–Trinajstić information content (AvgIpc) is 2.70. The fraction of sp³-hybridized carbons (Fsp3) is 0.308. The van der Waals surface area contributed by atoms with E-state index in [0.29, 0.717) is 0 Å². The van der Waals surface area contributed by atoms with Crippen LogP contribution in [0.4, 0.5) is 0 Å². The zero-order chi connectivity index (χ0) is 12.4. The van der Waals surface area contributed by atoms with E-state index < -0.39 is 12.1 Å². The molecule has 90 valence electrons. The van der Waals surface area contributed by atoms with Gasteiger partial charge in [-0.25, -0.2) is 0 Å². The SMILES string of the molecule is COC(=O)C[C@@H](O)c1ccc2ccn(C)c2c1. The smallest absolute Gasteiger partial charge is 0.308 e. The number of ether oxygens (including phenoxy) is 1. The minimum Gasteiger partial charge on any atom is -0.469 e. The molecule has 0 fully saturated rings. The standard InChI is InChI=1S/C13H15NO3/c1-14-6-5-9-3-4-10(7-11(9)14)12(15)8-13(16)17-2/h3-7,12,15H,8H2,1-2H3/t12-/m1/s1. The van der Waals surface area contributed by atoms with Crippen molar-refractivity contribution in [3.8, 4) is 0 Å². The number of aliphatic hydroxyl groups is 1. The van der Waals surface area contributed by atoms with Gasteiger partial charge in [0.1, 0.15) is 0 Å². The quantitative estimate of drug-likeness (QED) is 0.822. The monoisotopic (exact) mass is 233 g/mol. The van der Waals surface area contributed by atoms with Crippen LogP contribution in [0.2, 0.25) is 0 Å². The van der Waals surface area contributed by atoms with Crippen LogP contribution >= 0.6 is 0 Å². The van der Waals surface area contributed by atoms with Gasteiger partial charge in [-0.1, -0.05) is 12.1 Å². The van der Waals surface area contributed by atoms with Gasteiger partial charge in [-0.2, -0.15) is 0 Å². The van der Waals surface area contributed by atoms with E-state index in [4.69, 9.17) is 0 Å². The minimum atomic E-state index is -0.818. The van der Waals surface area contributed by atoms with Gasteiger partial charge in [0.15, 0.2) is 0 Å². The Balaban J connectivity index is 2.29. The summed E-state index contributed by atoms with van der Waals surface area (Å²) in [5.41, 5.74) is 1.76. The lowest BCUT2D eigenvalue weighted by Crippen LogP contribution is -2.08. The summed E-state index contributed by atoms with van der Waals surface area (Å²) in [4.78, 5) is 11.1. The molecule has 1 heterocycles. The van der Waals surface area contributed by atoms with Crippen LogP contribution in [0, 0.1) is 0 Å². The normalized spacial score (nSPS) is 12.6. The molecule has 0 saturated heterocycles. The van der Waals surface area contributed by atoms with Gasteiger partial charge in [-0.05, 0) is 23.1 Å². The molecule has 0 spiro atoms. The Labute approximate surface area is 99.4 Å². The van der Waals surface area contributed by atoms with Crippen molar-refractivity contribution in [3.05, 3.63) is 36.0 Å². The second kappa shape index (κ2) is 4.59. The van der Waals surface area contributed by atoms with Gasteiger partial charge < -0.3 is 14.4 Å². The molecule has 0 unspecified atom stereocenters. The van der Waals surface area contributed by atoms with Crippen LogP contribution in [-0.2, 0) is 16.6 Å². The largest absolute Gasteiger partial charge is 0.469 e. The Morgan fingerprint density at radius 3 is 2.94 bits per heavy atom. The number of esters is 1. The summed E-state index contributed by atoms with van der Waals surface area (Å²) in [5, 5.41) is 11.0. The number of hydrogen-bond acceptors (Lipinski definition) is 3. The minimum absolute atomic E-state index is 0.0214. The van der Waals surface area contributed by atoms with Gasteiger partial charge in [0.2, 0.25) is 0 Å². The first-order valence-electron chi connectivity index (χ1n) is 5.41. The molecule has 0 aliphatic heterocycles. The van der Waals surface area contributed by atoms with E-state index in [1.807, 2.05) is 42.1 Å². The van der Waals surface area contributed by atoms with Gasteiger partial charge >= 0.3 is 5.97 Å². The predicted octanol–water partition coefficient (Wildman–Crippen LogP) is 1.77. The van der Waals surface area contributed by atoms with Gasteiger partial charge in [0.05, 0.1) is 19.6 Å². The lowest BCUT2D eigenvalue weighted by molar-refractivity contribution is -0.142. The third-order valence-electron chi connectivity index (χ3n) is 2.88. The Hall–Kier alpha value is -1.81. The van der Waals surface area contributed by atoms with E-state index in [1.165, 1.54) is 7.11 Å². The number of aryl methyl sites for hydroxylation is 1. The molecule has 0 amide bonds. The number of aromatic nitrogens is 1. The van der Waals surface area contributed by atoms with Crippen molar-refractivity contribution in [2.75, 3.05) is 7.11 Å². The van der Waals surface area contributed by atoms with Crippen LogP contribution < -0.4 is 0 Å². The fourth-order valence-corrected chi connectivity index (χ4v) is 1.85. The van der Waals surface area contributed by atoms with Crippen molar-refractivity contribution in [2.45, 2.75) is 12.5 Å². The van der Waals surface area contributed by atoms with Gasteiger partial charge in [-0.3, -0.25) is 4.79 Å². The highest BCUT2D eigenvalue weighted by Gasteiger charge is 2.14. The van der Waals surface area contributed by atoms with Crippen molar-refractivity contribution in [1.82, 2.24) is 4.57 Å². The van der Waals surface area contributed by atoms with Crippen molar-refractivity contribution in [3.63, 3.8) is 0 Å². The van der Waals surface area contributed by atoms with E-state index in [0.717, 1.165) is 16.5 Å². The zero-order valence-corrected chi connectivity index (χ0v) is 9.88. The molecule has 2 rings (SSSR count). The first-order valence-corrected chi connectivity index (χ1v) is 5.41. The molecule has 4 nitrogen and oxygen atoms in total. The topological polar surface area (TPSA) is 51.5 Å². The molecule has 0 radical (unpaired) electrons. The molecule has 0 aliphatic rings. The molecular formula is C13H15NO3. The molecule has 2 aromatic rings. The molecule has 0 bridgehead atoms. The van der Waals surface area contributed by atoms with Crippen LogP contribution in [0.25, 0.3) is 10.9 Å². The van der Waals surface area contributed by atoms with Crippen LogP contribution in [0.5, 0.6) is 0 Å². The highest BCUT2D eigenvalue weighted by molar-refractivity contribution is 5.81. The summed E-state index contributed by atoms with van der Waals surface area (Å²) in [5.74, 6) is -0.413. The molecule has 1 aromatic heterocycles. The number of carbonyl (C=O) groups excluding carboxylic acids is 1. The number of fused-ring (bicyclic) bond motifs is 1. The Morgan fingerprint density at radius 2 is 2.24 bits per heavy atom. The summed E-state index contributed by atoms with van der Waals surface area (Å²) in [6.45, 7) is 0. The van der Waals surface area contributed by atoms with Gasteiger partial charge in [-0.15, -0.1) is 0 Å². The number of carbonyl (C=O) groups is 1. The van der Waals surface area contributed by atoms with Crippen LogP contribution in [0.3, 0.4) is 0 Å². The van der Waals surface area contributed by atoms with E-state index in [-0.39, 0.29) is 6.42 Å². The molecule has 1 N–H and O–H groups in total. The Kier molecular flexibility index (Phi) is 3.15. The summed E-state index contributed by atoms with van der Waals surface area (Å²) in [7, 11) is 3.26. The van der Waals surface area contributed by atoms with Gasteiger partial charge in [0, 0.05) is 18.8 Å². The van der Waals surface area contributed by atoms with Gasteiger partial charge in [0.25, 0.3) is 0 Å². The third kappa shape index (κ3) is 2.31. The zero-order valence-electron chi connectivity index (χ0n) is 9.88. The summed E-state index contributed by atoms with van der Waals surface area (Å²) in [6.07, 6.45) is 1.12. The summed E-state index contributed by atoms with van der Waals surface area (Å²) in [6, 6.07) is 7.66. The number of benzene rings is 1. The fourth-order valence-electron chi connectivity index (χ4n) is 1.85. The number of hydrogen-bond donors (Lipinski definition) is 1. The van der Waals surface area contributed by atoms with Crippen LogP contribution in [0.15, 0.2) is 30.5 Å². The molecule has 0 saturated carbocycles. The second-order valence-corrected chi connectivity index (χ2v) is 4.04. The summed E-state index contributed by atoms with van der Waals surface area (Å²) >= 11 is 0. The van der Waals surface area contributed by atoms with Crippen molar-refractivity contribution < 1.29 is 14.6 Å². The highest BCUT2D eigenvalue weighted by atomic mass is 16.5. The molecule has 4 heteroatoms. The second-order valence-electron chi connectivity index (χ2n) is 4.04. The molecular weight excluding hydrogens is 218 g/mol. The van der Waals surface area contributed by atoms with E-state index in [2.05, 4.69) is 4.74 Å². The van der Waals surface area contributed by atoms with E-state index in [9.17, 15) is 9.90 Å². The van der Waals surface area contributed by atoms with Crippen LogP contribution in [-0.4, -0.2) is 22.8 Å². The third-order valence-corrected chi connectivity index (χ3v) is 2.88. The van der Waals surface area contributed by atoms with Crippen molar-refractivity contribution >= 4 is 16.9 Å². The Bertz CT molecular complexity index is 545. The number of methoxy groups -OCH3 is 1. The molecule has 1 atom stereocenters. The lowest BCUT2D eigenvalue weighted by atomic mass is 10.1. The van der Waals surface area contributed by atoms with E-state index in [1.54, 1.807) is 0 Å². The number of rotatable bonds is 3. The van der Waals surface area contributed by atoms with Crippen molar-refractivity contribution in [2.24, 2.45) is 7.05 Å². The highest BCUT2D eigenvalue weighted by Crippen LogP contribution is 2.23. The maximum absolute atomic E-state index is 11.1. The maximum Gasteiger partial charge on any atom is 0.308 e. The molecule has 17 heavy (non-hydrogen) atoms. The average molecular weight is 233 g/mol. The molecule has 0 aliphatic carbocycles. The first kappa shape index (κ1) is 11.7. The summed E-state index contributed by atoms with van der Waals surface area (Å²) < 4.78 is 6.51. The lowest BCUT2D eigenvalue weighted by Gasteiger charge is -2.10. The first-order chi connectivity index (χ1) is 8.11. The van der Waals surface area contributed by atoms with E-state index >= 15 is 0 Å². The number of aliphatic hydroxyl groups excluding tert-OH is 1. The Morgan fingerprint density at radius 1 is 1.47 bits per heavy atom.